The van der Waals surface area contributed by atoms with Gasteiger partial charge < -0.3 is 4.42 Å². The number of fused-ring (bicyclic) bond motifs is 6. The van der Waals surface area contributed by atoms with Crippen LogP contribution in [0.3, 0.4) is 0 Å². The first-order valence-electron chi connectivity index (χ1n) is 10.4. The van der Waals surface area contributed by atoms with E-state index in [4.69, 9.17) is 4.42 Å². The van der Waals surface area contributed by atoms with Crippen molar-refractivity contribution < 1.29 is 4.42 Å². The van der Waals surface area contributed by atoms with E-state index in [0.717, 1.165) is 17.6 Å². The molecular formula is C28H22O. The van der Waals surface area contributed by atoms with Crippen molar-refractivity contribution in [2.45, 2.75) is 26.2 Å². The van der Waals surface area contributed by atoms with E-state index in [1.165, 1.54) is 49.7 Å². The smallest absolute Gasteiger partial charge is 0.143 e. The van der Waals surface area contributed by atoms with E-state index in [-0.39, 0.29) is 0 Å². The van der Waals surface area contributed by atoms with Crippen LogP contribution >= 0.6 is 0 Å². The fraction of sp³-hybridized carbons (Fsp3) is 0.143. The van der Waals surface area contributed by atoms with Crippen molar-refractivity contribution in [3.05, 3.63) is 95.6 Å². The minimum atomic E-state index is 0.430. The summed E-state index contributed by atoms with van der Waals surface area (Å²) < 4.78 is 6.52. The summed E-state index contributed by atoms with van der Waals surface area (Å²) in [5, 5.41) is 2.40. The van der Waals surface area contributed by atoms with Gasteiger partial charge in [0.05, 0.1) is 0 Å². The summed E-state index contributed by atoms with van der Waals surface area (Å²) in [6, 6.07) is 28.6. The molecule has 1 aliphatic carbocycles. The van der Waals surface area contributed by atoms with Gasteiger partial charge in [0.25, 0.3) is 0 Å². The minimum absolute atomic E-state index is 0.430. The second-order valence-corrected chi connectivity index (χ2v) is 8.37. The van der Waals surface area contributed by atoms with Crippen LogP contribution in [0.15, 0.2) is 83.3 Å². The lowest BCUT2D eigenvalue weighted by atomic mass is 9.96. The van der Waals surface area contributed by atoms with E-state index in [1.54, 1.807) is 0 Å². The largest absolute Gasteiger partial charge is 0.455 e. The topological polar surface area (TPSA) is 13.1 Å². The first-order valence-corrected chi connectivity index (χ1v) is 10.4. The maximum absolute atomic E-state index is 6.52. The third-order valence-corrected chi connectivity index (χ3v) is 6.29. The Bertz CT molecular complexity index is 1400. The SMILES string of the molecule is CC(C)c1cccc2c1oc1c(-c3ccc4c(c3)-c3ccccc3C4)cccc12. The summed E-state index contributed by atoms with van der Waals surface area (Å²) in [7, 11) is 0. The molecule has 1 aromatic heterocycles. The number of hydrogen-bond acceptors (Lipinski definition) is 1. The highest BCUT2D eigenvalue weighted by molar-refractivity contribution is 6.10. The average molecular weight is 374 g/mol. The van der Waals surface area contributed by atoms with E-state index in [0.29, 0.717) is 5.92 Å². The summed E-state index contributed by atoms with van der Waals surface area (Å²) in [6.07, 6.45) is 1.03. The highest BCUT2D eigenvalue weighted by Gasteiger charge is 2.20. The Hall–Kier alpha value is -3.32. The van der Waals surface area contributed by atoms with Crippen LogP contribution in [0.4, 0.5) is 0 Å². The monoisotopic (exact) mass is 374 g/mol. The quantitative estimate of drug-likeness (QED) is 0.300. The van der Waals surface area contributed by atoms with Gasteiger partial charge >= 0.3 is 0 Å². The molecule has 1 heteroatoms. The number of hydrogen-bond donors (Lipinski definition) is 0. The minimum Gasteiger partial charge on any atom is -0.455 e. The van der Waals surface area contributed by atoms with Crippen LogP contribution in [0.1, 0.15) is 36.5 Å². The Labute approximate surface area is 170 Å². The summed E-state index contributed by atoms with van der Waals surface area (Å²) in [5.41, 5.74) is 11.2. The van der Waals surface area contributed by atoms with Crippen molar-refractivity contribution >= 4 is 21.9 Å². The normalized spacial score (nSPS) is 12.7. The van der Waals surface area contributed by atoms with Crippen molar-refractivity contribution in [2.24, 2.45) is 0 Å². The van der Waals surface area contributed by atoms with E-state index < -0.39 is 0 Å². The van der Waals surface area contributed by atoms with E-state index in [2.05, 4.69) is 92.7 Å². The predicted molar refractivity (Wildman–Crippen MR) is 121 cm³/mol. The zero-order valence-electron chi connectivity index (χ0n) is 16.7. The fourth-order valence-corrected chi connectivity index (χ4v) is 4.82. The van der Waals surface area contributed by atoms with Gasteiger partial charge in [0.2, 0.25) is 0 Å². The molecule has 140 valence electrons. The molecule has 0 radical (unpaired) electrons. The molecule has 0 unspecified atom stereocenters. The maximum Gasteiger partial charge on any atom is 0.143 e. The second kappa shape index (κ2) is 6.09. The lowest BCUT2D eigenvalue weighted by Gasteiger charge is -2.07. The van der Waals surface area contributed by atoms with Gasteiger partial charge in [-0.15, -0.1) is 0 Å². The summed E-state index contributed by atoms with van der Waals surface area (Å²) in [4.78, 5) is 0. The van der Waals surface area contributed by atoms with Gasteiger partial charge in [-0.1, -0.05) is 86.6 Å². The molecule has 1 nitrogen and oxygen atoms in total. The summed E-state index contributed by atoms with van der Waals surface area (Å²) in [5.74, 6) is 0.430. The van der Waals surface area contributed by atoms with Crippen molar-refractivity contribution in [1.29, 1.82) is 0 Å². The number of para-hydroxylation sites is 2. The standard InChI is InChI=1S/C28H22O/c1-17(2)21-9-5-11-24-25-12-6-10-23(28(25)29-27(21)24)20-14-13-19-15-18-7-3-4-8-22(18)26(19)16-20/h3-14,16-17H,15H2,1-2H3. The van der Waals surface area contributed by atoms with Crippen molar-refractivity contribution in [1.82, 2.24) is 0 Å². The van der Waals surface area contributed by atoms with Crippen molar-refractivity contribution in [3.63, 3.8) is 0 Å². The van der Waals surface area contributed by atoms with Crippen LogP contribution in [0, 0.1) is 0 Å². The molecule has 0 saturated heterocycles. The zero-order valence-corrected chi connectivity index (χ0v) is 16.7. The first kappa shape index (κ1) is 16.6. The molecule has 0 bridgehead atoms. The van der Waals surface area contributed by atoms with Crippen molar-refractivity contribution in [3.8, 4) is 22.3 Å². The lowest BCUT2D eigenvalue weighted by Crippen LogP contribution is -1.86. The molecule has 5 aromatic rings. The van der Waals surface area contributed by atoms with Crippen LogP contribution in [0.5, 0.6) is 0 Å². The molecule has 0 atom stereocenters. The third-order valence-electron chi connectivity index (χ3n) is 6.29. The van der Waals surface area contributed by atoms with Crippen LogP contribution in [0.2, 0.25) is 0 Å². The zero-order chi connectivity index (χ0) is 19.5. The number of rotatable bonds is 2. The number of benzene rings is 4. The Morgan fingerprint density at radius 3 is 2.24 bits per heavy atom. The maximum atomic E-state index is 6.52. The molecule has 0 saturated carbocycles. The van der Waals surface area contributed by atoms with Gasteiger partial charge in [0.15, 0.2) is 0 Å². The highest BCUT2D eigenvalue weighted by atomic mass is 16.3. The molecule has 6 rings (SSSR count). The molecule has 4 aromatic carbocycles. The average Bonchev–Trinajstić information content (AvgIpc) is 3.31. The van der Waals surface area contributed by atoms with Crippen LogP contribution in [0.25, 0.3) is 44.2 Å². The molecule has 0 N–H and O–H groups in total. The van der Waals surface area contributed by atoms with Crippen LogP contribution < -0.4 is 0 Å². The Kier molecular flexibility index (Phi) is 3.49. The molecule has 0 fully saturated rings. The predicted octanol–water partition coefficient (Wildman–Crippen LogP) is 7.95. The Balaban J connectivity index is 1.60. The summed E-state index contributed by atoms with van der Waals surface area (Å²) >= 11 is 0. The van der Waals surface area contributed by atoms with Gasteiger partial charge in [-0.3, -0.25) is 0 Å². The summed E-state index contributed by atoms with van der Waals surface area (Å²) in [6.45, 7) is 4.45. The lowest BCUT2D eigenvalue weighted by molar-refractivity contribution is 0.658. The molecule has 0 amide bonds. The Morgan fingerprint density at radius 1 is 0.655 bits per heavy atom. The second-order valence-electron chi connectivity index (χ2n) is 8.37. The fourth-order valence-electron chi connectivity index (χ4n) is 4.82. The third kappa shape index (κ3) is 2.40. The molecule has 0 spiro atoms. The van der Waals surface area contributed by atoms with E-state index in [9.17, 15) is 0 Å². The Morgan fingerprint density at radius 2 is 1.38 bits per heavy atom. The first-order chi connectivity index (χ1) is 14.2. The molecule has 0 aliphatic heterocycles. The van der Waals surface area contributed by atoms with Gasteiger partial charge in [0.1, 0.15) is 11.2 Å². The van der Waals surface area contributed by atoms with Gasteiger partial charge in [0, 0.05) is 16.3 Å². The molecule has 1 aliphatic rings. The van der Waals surface area contributed by atoms with Gasteiger partial charge in [-0.2, -0.15) is 0 Å². The molecular weight excluding hydrogens is 352 g/mol. The van der Waals surface area contributed by atoms with E-state index >= 15 is 0 Å². The van der Waals surface area contributed by atoms with Gasteiger partial charge in [-0.05, 0) is 51.8 Å². The van der Waals surface area contributed by atoms with Crippen LogP contribution in [-0.2, 0) is 6.42 Å². The number of furan rings is 1. The van der Waals surface area contributed by atoms with Crippen molar-refractivity contribution in [2.75, 3.05) is 0 Å². The highest BCUT2D eigenvalue weighted by Crippen LogP contribution is 2.42. The van der Waals surface area contributed by atoms with Crippen LogP contribution in [-0.4, -0.2) is 0 Å². The van der Waals surface area contributed by atoms with Gasteiger partial charge in [-0.25, -0.2) is 0 Å². The van der Waals surface area contributed by atoms with E-state index in [1.807, 2.05) is 0 Å². The molecule has 29 heavy (non-hydrogen) atoms. The molecule has 1 heterocycles.